The third-order valence-corrected chi connectivity index (χ3v) is 3.46. The molecule has 0 fully saturated rings. The first-order chi connectivity index (χ1) is 11.5. The Morgan fingerprint density at radius 3 is 2.71 bits per heavy atom. The Hall–Kier alpha value is -2.40. The van der Waals surface area contributed by atoms with Gasteiger partial charge in [0.15, 0.2) is 0 Å². The van der Waals surface area contributed by atoms with Gasteiger partial charge in [-0.3, -0.25) is 4.79 Å². The summed E-state index contributed by atoms with van der Waals surface area (Å²) >= 11 is 5.92. The summed E-state index contributed by atoms with van der Waals surface area (Å²) in [6.45, 7) is -2.53. The average molecular weight is 352 g/mol. The van der Waals surface area contributed by atoms with E-state index < -0.39 is 6.61 Å². The average Bonchev–Trinajstić information content (AvgIpc) is 2.53. The smallest absolute Gasteiger partial charge is 0.387 e. The minimum absolute atomic E-state index is 0.0223. The van der Waals surface area contributed by atoms with Gasteiger partial charge in [0.25, 0.3) is 0 Å². The number of benzene rings is 2. The minimum Gasteiger partial charge on any atom is -0.434 e. The summed E-state index contributed by atoms with van der Waals surface area (Å²) in [6, 6.07) is 13.5. The summed E-state index contributed by atoms with van der Waals surface area (Å²) < 4.78 is 29.2. The number of para-hydroxylation sites is 1. The highest BCUT2D eigenvalue weighted by Gasteiger charge is 2.09. The first-order valence-electron chi connectivity index (χ1n) is 7.17. The lowest BCUT2D eigenvalue weighted by atomic mass is 10.2. The molecule has 6 heteroatoms. The predicted molar refractivity (Wildman–Crippen MR) is 90.0 cm³/mol. The van der Waals surface area contributed by atoms with E-state index in [9.17, 15) is 13.6 Å². The van der Waals surface area contributed by atoms with Crippen molar-refractivity contribution >= 4 is 23.6 Å². The van der Waals surface area contributed by atoms with Crippen LogP contribution in [0.2, 0.25) is 5.02 Å². The highest BCUT2D eigenvalue weighted by molar-refractivity contribution is 6.30. The van der Waals surface area contributed by atoms with Crippen LogP contribution in [-0.4, -0.2) is 24.5 Å². The second kappa shape index (κ2) is 8.45. The van der Waals surface area contributed by atoms with Gasteiger partial charge in [0.1, 0.15) is 5.75 Å². The van der Waals surface area contributed by atoms with Gasteiger partial charge in [-0.15, -0.1) is 0 Å². The maximum Gasteiger partial charge on any atom is 0.387 e. The lowest BCUT2D eigenvalue weighted by Gasteiger charge is -2.15. The molecule has 0 spiro atoms. The molecule has 0 aromatic heterocycles. The van der Waals surface area contributed by atoms with Crippen LogP contribution in [0.15, 0.2) is 54.6 Å². The monoisotopic (exact) mass is 351 g/mol. The summed E-state index contributed by atoms with van der Waals surface area (Å²) in [5.74, 6) is -0.240. The maximum absolute atomic E-state index is 12.4. The molecule has 0 N–H and O–H groups in total. The molecule has 2 aromatic carbocycles. The number of nitrogens with zero attached hydrogens (tertiary/aromatic N) is 1. The van der Waals surface area contributed by atoms with E-state index in [1.54, 1.807) is 37.4 Å². The fourth-order valence-electron chi connectivity index (χ4n) is 2.10. The van der Waals surface area contributed by atoms with Crippen LogP contribution in [-0.2, 0) is 11.3 Å². The second-order valence-electron chi connectivity index (χ2n) is 5.07. The topological polar surface area (TPSA) is 29.5 Å². The Labute approximate surface area is 144 Å². The van der Waals surface area contributed by atoms with Crippen LogP contribution in [0, 0.1) is 0 Å². The zero-order valence-corrected chi connectivity index (χ0v) is 13.7. The fourth-order valence-corrected chi connectivity index (χ4v) is 2.31. The highest BCUT2D eigenvalue weighted by atomic mass is 35.5. The van der Waals surface area contributed by atoms with Crippen molar-refractivity contribution in [3.8, 4) is 5.75 Å². The number of ether oxygens (including phenoxy) is 1. The molecule has 0 saturated carbocycles. The van der Waals surface area contributed by atoms with Gasteiger partial charge >= 0.3 is 6.61 Å². The molecule has 0 radical (unpaired) electrons. The molecular formula is C18H16ClF2NO2. The Balaban J connectivity index is 2.04. The summed E-state index contributed by atoms with van der Waals surface area (Å²) in [4.78, 5) is 13.7. The molecule has 0 atom stereocenters. The normalized spacial score (nSPS) is 11.0. The Kier molecular flexibility index (Phi) is 6.32. The summed E-state index contributed by atoms with van der Waals surface area (Å²) in [5.41, 5.74) is 1.30. The molecule has 2 aromatic rings. The minimum atomic E-state index is -2.92. The molecule has 0 aliphatic carbocycles. The maximum atomic E-state index is 12.4. The van der Waals surface area contributed by atoms with Crippen molar-refractivity contribution in [1.82, 2.24) is 4.90 Å². The van der Waals surface area contributed by atoms with E-state index in [2.05, 4.69) is 4.74 Å². The zero-order valence-electron chi connectivity index (χ0n) is 13.0. The van der Waals surface area contributed by atoms with Crippen LogP contribution < -0.4 is 4.74 Å². The lowest BCUT2D eigenvalue weighted by molar-refractivity contribution is -0.125. The van der Waals surface area contributed by atoms with Gasteiger partial charge in [-0.1, -0.05) is 41.9 Å². The third-order valence-electron chi connectivity index (χ3n) is 3.23. The van der Waals surface area contributed by atoms with Crippen molar-refractivity contribution in [2.75, 3.05) is 7.05 Å². The molecule has 0 bridgehead atoms. The molecule has 3 nitrogen and oxygen atoms in total. The van der Waals surface area contributed by atoms with E-state index in [4.69, 9.17) is 11.6 Å². The molecule has 0 aliphatic heterocycles. The van der Waals surface area contributed by atoms with E-state index in [0.29, 0.717) is 17.1 Å². The number of hydrogen-bond donors (Lipinski definition) is 0. The molecule has 2 rings (SSSR count). The lowest BCUT2D eigenvalue weighted by Crippen LogP contribution is -2.24. The molecule has 1 amide bonds. The van der Waals surface area contributed by atoms with E-state index in [-0.39, 0.29) is 11.7 Å². The van der Waals surface area contributed by atoms with Gasteiger partial charge in [0, 0.05) is 30.3 Å². The van der Waals surface area contributed by atoms with Gasteiger partial charge in [-0.2, -0.15) is 8.78 Å². The number of amides is 1. The Morgan fingerprint density at radius 1 is 1.25 bits per heavy atom. The first kappa shape index (κ1) is 17.9. The molecule has 0 aliphatic rings. The summed E-state index contributed by atoms with van der Waals surface area (Å²) in [6.07, 6.45) is 2.77. The number of carbonyl (C=O) groups is 1. The third kappa shape index (κ3) is 5.35. The Bertz CT molecular complexity index is 734. The van der Waals surface area contributed by atoms with Crippen LogP contribution in [0.1, 0.15) is 11.1 Å². The van der Waals surface area contributed by atoms with E-state index in [1.165, 1.54) is 23.1 Å². The number of carbonyl (C=O) groups excluding carboxylic acids is 1. The van der Waals surface area contributed by atoms with Gasteiger partial charge in [0.2, 0.25) is 5.91 Å². The number of likely N-dealkylation sites (N-methyl/N-ethyl adjacent to an activating group) is 1. The fraction of sp³-hybridized carbons (Fsp3) is 0.167. The van der Waals surface area contributed by atoms with Crippen molar-refractivity contribution in [2.24, 2.45) is 0 Å². The summed E-state index contributed by atoms with van der Waals surface area (Å²) in [5, 5.41) is 0.599. The van der Waals surface area contributed by atoms with Crippen LogP contribution in [0.5, 0.6) is 5.75 Å². The van der Waals surface area contributed by atoms with E-state index in [0.717, 1.165) is 5.56 Å². The van der Waals surface area contributed by atoms with Gasteiger partial charge < -0.3 is 9.64 Å². The van der Waals surface area contributed by atoms with Gasteiger partial charge in [-0.05, 0) is 29.8 Å². The first-order valence-corrected chi connectivity index (χ1v) is 7.55. The molecule has 126 valence electrons. The van der Waals surface area contributed by atoms with Crippen molar-refractivity contribution in [2.45, 2.75) is 13.2 Å². The Morgan fingerprint density at radius 2 is 2.00 bits per heavy atom. The molecule has 0 unspecified atom stereocenters. The molecular weight excluding hydrogens is 336 g/mol. The molecule has 0 heterocycles. The van der Waals surface area contributed by atoms with E-state index in [1.807, 2.05) is 12.1 Å². The predicted octanol–water partition coefficient (Wildman–Crippen LogP) is 4.61. The highest BCUT2D eigenvalue weighted by Crippen LogP contribution is 2.21. The number of halogens is 3. The van der Waals surface area contributed by atoms with Crippen LogP contribution in [0.25, 0.3) is 6.08 Å². The SMILES string of the molecule is CN(Cc1cccc(Cl)c1)C(=O)/C=C/c1ccccc1OC(F)F. The van der Waals surface area contributed by atoms with Crippen molar-refractivity contribution in [3.63, 3.8) is 0 Å². The van der Waals surface area contributed by atoms with Gasteiger partial charge in [-0.25, -0.2) is 0 Å². The van der Waals surface area contributed by atoms with Crippen molar-refractivity contribution in [3.05, 3.63) is 70.8 Å². The van der Waals surface area contributed by atoms with Crippen molar-refractivity contribution in [1.29, 1.82) is 0 Å². The number of alkyl halides is 2. The van der Waals surface area contributed by atoms with Gasteiger partial charge in [0.05, 0.1) is 0 Å². The van der Waals surface area contributed by atoms with E-state index >= 15 is 0 Å². The quantitative estimate of drug-likeness (QED) is 0.711. The second-order valence-corrected chi connectivity index (χ2v) is 5.51. The van der Waals surface area contributed by atoms with Crippen LogP contribution >= 0.6 is 11.6 Å². The van der Waals surface area contributed by atoms with Crippen LogP contribution in [0.4, 0.5) is 8.78 Å². The van der Waals surface area contributed by atoms with Crippen LogP contribution in [0.3, 0.4) is 0 Å². The zero-order chi connectivity index (χ0) is 17.5. The number of hydrogen-bond acceptors (Lipinski definition) is 2. The molecule has 0 saturated heterocycles. The standard InChI is InChI=1S/C18H16ClF2NO2/c1-22(12-13-5-4-7-15(19)11-13)17(23)10-9-14-6-2-3-8-16(14)24-18(20)21/h2-11,18H,12H2,1H3/b10-9+. The molecule has 24 heavy (non-hydrogen) atoms. The largest absolute Gasteiger partial charge is 0.434 e. The van der Waals surface area contributed by atoms with Crippen molar-refractivity contribution < 1.29 is 18.3 Å². The summed E-state index contributed by atoms with van der Waals surface area (Å²) in [7, 11) is 1.65. The number of rotatable bonds is 6.